The Morgan fingerprint density at radius 2 is 1.19 bits per heavy atom. The third-order valence-corrected chi connectivity index (χ3v) is 4.10. The summed E-state index contributed by atoms with van der Waals surface area (Å²) < 4.78 is 26.1. The van der Waals surface area contributed by atoms with Gasteiger partial charge in [-0.05, 0) is 65.7 Å². The molecule has 0 N–H and O–H groups in total. The maximum Gasteiger partial charge on any atom is 0.186 e. The van der Waals surface area contributed by atoms with Gasteiger partial charge >= 0.3 is 0 Å². The zero-order valence-corrected chi connectivity index (χ0v) is 14.4. The van der Waals surface area contributed by atoms with Crippen LogP contribution in [-0.2, 0) is 0 Å². The first-order valence-electron chi connectivity index (χ1n) is 8.37. The van der Waals surface area contributed by atoms with Crippen LogP contribution in [0.25, 0.3) is 5.57 Å². The van der Waals surface area contributed by atoms with E-state index in [0.717, 1.165) is 5.56 Å². The van der Waals surface area contributed by atoms with Gasteiger partial charge in [-0.3, -0.25) is 9.59 Å². The van der Waals surface area contributed by atoms with Gasteiger partial charge in [0.25, 0.3) is 0 Å². The van der Waals surface area contributed by atoms with Gasteiger partial charge in [-0.1, -0.05) is 30.3 Å². The van der Waals surface area contributed by atoms with E-state index in [-0.39, 0.29) is 18.0 Å². The second-order valence-corrected chi connectivity index (χ2v) is 6.01. The number of allylic oxidation sites excluding steroid dienone is 2. The number of hydrogen-bond acceptors (Lipinski definition) is 2. The molecule has 0 aromatic heterocycles. The van der Waals surface area contributed by atoms with Gasteiger partial charge in [0.2, 0.25) is 0 Å². The van der Waals surface area contributed by atoms with E-state index in [1.165, 1.54) is 54.6 Å². The molecule has 0 atom stereocenters. The van der Waals surface area contributed by atoms with Crippen LogP contribution in [0.3, 0.4) is 0 Å². The van der Waals surface area contributed by atoms with E-state index in [2.05, 4.69) is 0 Å². The molecule has 0 spiro atoms. The zero-order valence-electron chi connectivity index (χ0n) is 14.4. The van der Waals surface area contributed by atoms with Crippen LogP contribution in [0.2, 0.25) is 0 Å². The number of carbonyl (C=O) groups excluding carboxylic acids is 2. The molecule has 3 aromatic carbocycles. The smallest absolute Gasteiger partial charge is 0.186 e. The van der Waals surface area contributed by atoms with Gasteiger partial charge in [0, 0.05) is 17.5 Å². The van der Waals surface area contributed by atoms with Crippen molar-refractivity contribution in [2.75, 3.05) is 0 Å². The Balaban J connectivity index is 1.91. The Morgan fingerprint density at radius 1 is 0.667 bits per heavy atom. The van der Waals surface area contributed by atoms with Gasteiger partial charge in [-0.2, -0.15) is 0 Å². The van der Waals surface area contributed by atoms with E-state index >= 15 is 0 Å². The summed E-state index contributed by atoms with van der Waals surface area (Å²) >= 11 is 0. The normalized spacial score (nSPS) is 11.3. The fourth-order valence-corrected chi connectivity index (χ4v) is 2.66. The lowest BCUT2D eigenvalue weighted by molar-refractivity contribution is 0.0998. The van der Waals surface area contributed by atoms with E-state index in [4.69, 9.17) is 0 Å². The molecular formula is C23H16F2O2. The number of Topliss-reactive ketones (excluding diaryl/α,β-unsaturated/α-hetero) is 1. The van der Waals surface area contributed by atoms with Crippen molar-refractivity contribution in [1.29, 1.82) is 0 Å². The van der Waals surface area contributed by atoms with Crippen molar-refractivity contribution < 1.29 is 18.4 Å². The van der Waals surface area contributed by atoms with Crippen LogP contribution in [0.15, 0.2) is 84.9 Å². The Labute approximate surface area is 155 Å². The van der Waals surface area contributed by atoms with Crippen LogP contribution in [0.4, 0.5) is 8.78 Å². The predicted molar refractivity (Wildman–Crippen MR) is 100 cm³/mol. The molecule has 0 unspecified atom stereocenters. The fourth-order valence-electron chi connectivity index (χ4n) is 2.66. The first-order chi connectivity index (χ1) is 13.0. The molecule has 0 aliphatic heterocycles. The molecule has 0 aliphatic carbocycles. The molecule has 27 heavy (non-hydrogen) atoms. The van der Waals surface area contributed by atoms with E-state index in [1.807, 2.05) is 30.3 Å². The first kappa shape index (κ1) is 18.4. The van der Waals surface area contributed by atoms with Crippen LogP contribution in [-0.4, -0.2) is 11.6 Å². The van der Waals surface area contributed by atoms with E-state index in [0.29, 0.717) is 16.7 Å². The summed E-state index contributed by atoms with van der Waals surface area (Å²) in [6, 6.07) is 19.6. The molecule has 0 saturated heterocycles. The van der Waals surface area contributed by atoms with Crippen molar-refractivity contribution in [3.8, 4) is 0 Å². The van der Waals surface area contributed by atoms with Crippen molar-refractivity contribution in [2.45, 2.75) is 6.42 Å². The topological polar surface area (TPSA) is 34.1 Å². The highest BCUT2D eigenvalue weighted by atomic mass is 19.1. The molecule has 0 fully saturated rings. The lowest BCUT2D eigenvalue weighted by Gasteiger charge is -2.08. The van der Waals surface area contributed by atoms with E-state index in [9.17, 15) is 18.4 Å². The van der Waals surface area contributed by atoms with Crippen molar-refractivity contribution in [3.63, 3.8) is 0 Å². The van der Waals surface area contributed by atoms with Gasteiger partial charge in [-0.25, -0.2) is 8.78 Å². The Morgan fingerprint density at radius 3 is 1.74 bits per heavy atom. The molecule has 134 valence electrons. The molecule has 3 aromatic rings. The van der Waals surface area contributed by atoms with Crippen LogP contribution in [0, 0.1) is 11.6 Å². The minimum atomic E-state index is -0.426. The molecule has 0 heterocycles. The molecule has 0 radical (unpaired) electrons. The van der Waals surface area contributed by atoms with Crippen molar-refractivity contribution in [3.05, 3.63) is 113 Å². The second kappa shape index (κ2) is 8.32. The van der Waals surface area contributed by atoms with Crippen molar-refractivity contribution in [2.24, 2.45) is 0 Å². The van der Waals surface area contributed by atoms with Crippen LogP contribution in [0.1, 0.15) is 32.7 Å². The van der Waals surface area contributed by atoms with Gasteiger partial charge in [0.15, 0.2) is 11.6 Å². The first-order valence-corrected chi connectivity index (χ1v) is 8.37. The number of halogens is 2. The SMILES string of the molecule is O=C(/C=C(/CC(=O)c1ccc(F)cc1)c1ccccc1)c1ccc(F)cc1. The van der Waals surface area contributed by atoms with Gasteiger partial charge < -0.3 is 0 Å². The summed E-state index contributed by atoms with van der Waals surface area (Å²) in [5.74, 6) is -1.39. The summed E-state index contributed by atoms with van der Waals surface area (Å²) in [4.78, 5) is 25.1. The van der Waals surface area contributed by atoms with Crippen molar-refractivity contribution in [1.82, 2.24) is 0 Å². The summed E-state index contributed by atoms with van der Waals surface area (Å²) in [6.07, 6.45) is 1.38. The lowest BCUT2D eigenvalue weighted by atomic mass is 9.95. The summed E-state index contributed by atoms with van der Waals surface area (Å²) in [5, 5.41) is 0. The fraction of sp³-hybridized carbons (Fsp3) is 0.0435. The lowest BCUT2D eigenvalue weighted by Crippen LogP contribution is -2.03. The molecule has 0 bridgehead atoms. The molecule has 0 amide bonds. The summed E-state index contributed by atoms with van der Waals surface area (Å²) in [7, 11) is 0. The zero-order chi connectivity index (χ0) is 19.2. The van der Waals surface area contributed by atoms with Gasteiger partial charge in [0.05, 0.1) is 0 Å². The van der Waals surface area contributed by atoms with Crippen molar-refractivity contribution >= 4 is 17.1 Å². The monoisotopic (exact) mass is 362 g/mol. The number of benzene rings is 3. The van der Waals surface area contributed by atoms with Gasteiger partial charge in [-0.15, -0.1) is 0 Å². The highest BCUT2D eigenvalue weighted by molar-refractivity contribution is 6.11. The number of ketones is 2. The third-order valence-electron chi connectivity index (χ3n) is 4.10. The summed E-state index contributed by atoms with van der Waals surface area (Å²) in [6.45, 7) is 0. The molecule has 4 heteroatoms. The number of hydrogen-bond donors (Lipinski definition) is 0. The predicted octanol–water partition coefficient (Wildman–Crippen LogP) is 5.50. The minimum absolute atomic E-state index is 0.0113. The highest BCUT2D eigenvalue weighted by Crippen LogP contribution is 2.22. The second-order valence-electron chi connectivity index (χ2n) is 6.01. The maximum atomic E-state index is 13.1. The Kier molecular flexibility index (Phi) is 5.67. The van der Waals surface area contributed by atoms with Crippen LogP contribution < -0.4 is 0 Å². The quantitative estimate of drug-likeness (QED) is 0.428. The average Bonchev–Trinajstić information content (AvgIpc) is 2.69. The van der Waals surface area contributed by atoms with Crippen LogP contribution >= 0.6 is 0 Å². The maximum absolute atomic E-state index is 13.1. The molecular weight excluding hydrogens is 346 g/mol. The third kappa shape index (κ3) is 4.82. The molecule has 0 saturated carbocycles. The molecule has 0 aliphatic rings. The van der Waals surface area contributed by atoms with Gasteiger partial charge in [0.1, 0.15) is 11.6 Å². The number of rotatable bonds is 6. The minimum Gasteiger partial charge on any atom is -0.294 e. The Bertz CT molecular complexity index is 973. The van der Waals surface area contributed by atoms with E-state index in [1.54, 1.807) is 0 Å². The standard InChI is InChI=1S/C23H16F2O2/c24-20-10-6-17(7-11-20)22(26)14-19(16-4-2-1-3-5-16)15-23(27)18-8-12-21(25)13-9-18/h1-14H,15H2/b19-14-. The summed E-state index contributed by atoms with van der Waals surface area (Å²) in [5.41, 5.74) is 1.98. The number of carbonyl (C=O) groups is 2. The Hall–Kier alpha value is -3.40. The highest BCUT2D eigenvalue weighted by Gasteiger charge is 2.13. The van der Waals surface area contributed by atoms with E-state index < -0.39 is 11.6 Å². The van der Waals surface area contributed by atoms with Crippen LogP contribution in [0.5, 0.6) is 0 Å². The average molecular weight is 362 g/mol. The molecule has 3 rings (SSSR count). The largest absolute Gasteiger partial charge is 0.294 e. The molecule has 2 nitrogen and oxygen atoms in total.